The smallest absolute Gasteiger partial charge is 0.102 e. The molecule has 0 aliphatic heterocycles. The summed E-state index contributed by atoms with van der Waals surface area (Å²) in [6.45, 7) is 16.2. The number of aliphatic hydroxyl groups is 3. The molecule has 136 valence electrons. The lowest BCUT2D eigenvalue weighted by Gasteiger charge is -2.31. The molecule has 0 saturated carbocycles. The van der Waals surface area contributed by atoms with Crippen molar-refractivity contribution in [3.63, 3.8) is 0 Å². The Bertz CT molecular complexity index is 226. The Balaban J connectivity index is -0.0000000650. The van der Waals surface area contributed by atoms with Gasteiger partial charge in [0, 0.05) is 7.97 Å². The molecule has 0 heterocycles. The molecule has 5 N–H and O–H groups in total. The molecule has 0 spiro atoms. The van der Waals surface area contributed by atoms with Crippen LogP contribution in [0.15, 0.2) is 12.1 Å². The van der Waals surface area contributed by atoms with E-state index < -0.39 is 16.8 Å². The number of hydroxylamine groups is 1. The minimum absolute atomic E-state index is 0. The lowest BCUT2D eigenvalue weighted by molar-refractivity contribution is -0.107. The normalized spacial score (nSPS) is 11.5. The van der Waals surface area contributed by atoms with E-state index in [1.54, 1.807) is 54.5 Å². The van der Waals surface area contributed by atoms with Gasteiger partial charge < -0.3 is 20.5 Å². The number of nitrogens with one attached hydrogen (secondary N) is 1. The molecule has 0 fully saturated rings. The molecule has 0 unspecified atom stereocenters. The summed E-state index contributed by atoms with van der Waals surface area (Å²) in [6.07, 6.45) is 2.85. The molecule has 0 atom stereocenters. The second-order valence-corrected chi connectivity index (χ2v) is 6.79. The van der Waals surface area contributed by atoms with E-state index >= 15 is 0 Å². The second kappa shape index (κ2) is 15.5. The predicted octanol–water partition coefficient (Wildman–Crippen LogP) is 2.62. The highest BCUT2D eigenvalue weighted by Crippen LogP contribution is 2.19. The van der Waals surface area contributed by atoms with Gasteiger partial charge in [0.05, 0.1) is 16.8 Å². The van der Waals surface area contributed by atoms with Gasteiger partial charge in [0.25, 0.3) is 0 Å². The predicted molar refractivity (Wildman–Crippen MR) is 97.3 cm³/mol. The van der Waals surface area contributed by atoms with Crippen molar-refractivity contribution in [3.8, 4) is 0 Å². The topological polar surface area (TPSA) is 93.0 Å². The van der Waals surface area contributed by atoms with Crippen molar-refractivity contribution < 1.29 is 22.0 Å². The summed E-state index contributed by atoms with van der Waals surface area (Å²) in [6, 6.07) is 0. The molecular formula is C16H40BNO4. The zero-order valence-corrected chi connectivity index (χ0v) is 15.9. The summed E-state index contributed by atoms with van der Waals surface area (Å²) >= 11 is 0. The standard InChI is InChI=1S/C6H14O2.C4H10O.C3H6BNO.C3H8.H2/c1-5(2,7)6(3,4)8;1-4(2,3)5;4-2-1-3-5-6;1-3-2;/h7-8H,1-4H3;5H,1-3H3;1-2,5-6H,3H2;3H2,1-2H3;1H/b;;2-1+;;. The van der Waals surface area contributed by atoms with E-state index in [2.05, 4.69) is 13.8 Å². The molecule has 0 rings (SSSR count). The van der Waals surface area contributed by atoms with Gasteiger partial charge in [0.15, 0.2) is 0 Å². The molecule has 0 bridgehead atoms. The second-order valence-electron chi connectivity index (χ2n) is 6.79. The van der Waals surface area contributed by atoms with Crippen molar-refractivity contribution in [2.75, 3.05) is 6.54 Å². The van der Waals surface area contributed by atoms with Crippen LogP contribution in [0.25, 0.3) is 0 Å². The minimum Gasteiger partial charge on any atom is -0.391 e. The first kappa shape index (κ1) is 29.6. The Morgan fingerprint density at radius 3 is 1.18 bits per heavy atom. The minimum atomic E-state index is -1.01. The lowest BCUT2D eigenvalue weighted by Crippen LogP contribution is -2.44. The van der Waals surface area contributed by atoms with Gasteiger partial charge in [0.2, 0.25) is 0 Å². The zero-order chi connectivity index (χ0) is 19.0. The van der Waals surface area contributed by atoms with E-state index in [9.17, 15) is 0 Å². The SMILES string of the molecule is CC(C)(C)O.CC(C)(O)C(C)(C)O.CCC.[B]/C=C/CNO.[HH]. The fraction of sp³-hybridized carbons (Fsp3) is 0.875. The molecule has 0 aliphatic carbocycles. The van der Waals surface area contributed by atoms with Crippen LogP contribution in [0.4, 0.5) is 0 Å². The zero-order valence-electron chi connectivity index (χ0n) is 15.9. The highest BCUT2D eigenvalue weighted by molar-refractivity contribution is 6.16. The lowest BCUT2D eigenvalue weighted by atomic mass is 9.90. The fourth-order valence-corrected chi connectivity index (χ4v) is 0.121. The molecule has 5 nitrogen and oxygen atoms in total. The maximum absolute atomic E-state index is 9.10. The first-order valence-corrected chi connectivity index (χ1v) is 7.49. The highest BCUT2D eigenvalue weighted by Gasteiger charge is 2.31. The van der Waals surface area contributed by atoms with E-state index in [1.807, 2.05) is 5.48 Å². The van der Waals surface area contributed by atoms with E-state index in [0.717, 1.165) is 0 Å². The molecule has 0 aromatic heterocycles. The molecule has 0 amide bonds. The van der Waals surface area contributed by atoms with Crippen LogP contribution in [-0.2, 0) is 0 Å². The van der Waals surface area contributed by atoms with Gasteiger partial charge in [-0.15, -0.1) is 5.98 Å². The fourth-order valence-electron chi connectivity index (χ4n) is 0.121. The van der Waals surface area contributed by atoms with Gasteiger partial charge in [-0.25, -0.2) is 5.48 Å². The Morgan fingerprint density at radius 2 is 1.14 bits per heavy atom. The summed E-state index contributed by atoms with van der Waals surface area (Å²) < 4.78 is 0. The molecule has 22 heavy (non-hydrogen) atoms. The summed E-state index contributed by atoms with van der Waals surface area (Å²) in [7, 11) is 4.88. The monoisotopic (exact) mass is 321 g/mol. The van der Waals surface area contributed by atoms with Crippen LogP contribution in [-0.4, -0.2) is 51.7 Å². The average molecular weight is 321 g/mol. The van der Waals surface area contributed by atoms with E-state index in [1.165, 1.54) is 12.4 Å². The molecule has 2 radical (unpaired) electrons. The summed E-state index contributed by atoms with van der Waals surface area (Å²) in [5.41, 5.74) is -0.612. The number of hydrogen-bond donors (Lipinski definition) is 5. The number of hydrogen-bond acceptors (Lipinski definition) is 5. The third-order valence-corrected chi connectivity index (χ3v) is 1.84. The van der Waals surface area contributed by atoms with Crippen LogP contribution in [0.2, 0.25) is 0 Å². The quantitative estimate of drug-likeness (QED) is 0.407. The number of rotatable bonds is 3. The highest BCUT2D eigenvalue weighted by atomic mass is 16.5. The Labute approximate surface area is 140 Å². The molecule has 0 aromatic carbocycles. The van der Waals surface area contributed by atoms with Gasteiger partial charge in [0.1, 0.15) is 7.85 Å². The van der Waals surface area contributed by atoms with Crippen LogP contribution < -0.4 is 5.48 Å². The first-order valence-electron chi connectivity index (χ1n) is 7.49. The van der Waals surface area contributed by atoms with Gasteiger partial charge in [-0.05, 0) is 48.5 Å². The van der Waals surface area contributed by atoms with Crippen LogP contribution >= 0.6 is 0 Å². The maximum atomic E-state index is 9.10. The first-order chi connectivity index (χ1) is 9.58. The van der Waals surface area contributed by atoms with Gasteiger partial charge in [-0.3, -0.25) is 0 Å². The largest absolute Gasteiger partial charge is 0.391 e. The van der Waals surface area contributed by atoms with Crippen LogP contribution in [0.3, 0.4) is 0 Å². The molecule has 0 aromatic rings. The van der Waals surface area contributed by atoms with Crippen molar-refractivity contribution >= 4 is 7.85 Å². The third kappa shape index (κ3) is 50.4. The van der Waals surface area contributed by atoms with Crippen molar-refractivity contribution in [1.29, 1.82) is 0 Å². The molecular weight excluding hydrogens is 281 g/mol. The van der Waals surface area contributed by atoms with E-state index in [0.29, 0.717) is 6.54 Å². The van der Waals surface area contributed by atoms with Gasteiger partial charge in [-0.1, -0.05) is 26.3 Å². The van der Waals surface area contributed by atoms with Crippen molar-refractivity contribution in [2.24, 2.45) is 0 Å². The summed E-state index contributed by atoms with van der Waals surface area (Å²) in [5.74, 6) is 1.36. The molecule has 6 heteroatoms. The molecule has 0 aliphatic rings. The van der Waals surface area contributed by atoms with E-state index in [-0.39, 0.29) is 1.43 Å². The maximum Gasteiger partial charge on any atom is 0.102 e. The summed E-state index contributed by atoms with van der Waals surface area (Å²) in [4.78, 5) is 0. The third-order valence-electron chi connectivity index (χ3n) is 1.84. The van der Waals surface area contributed by atoms with Crippen molar-refractivity contribution in [2.45, 2.75) is 85.5 Å². The Kier molecular flexibility index (Phi) is 20.8. The van der Waals surface area contributed by atoms with Crippen molar-refractivity contribution in [1.82, 2.24) is 5.48 Å². The van der Waals surface area contributed by atoms with Gasteiger partial charge in [-0.2, -0.15) is 0 Å². The van der Waals surface area contributed by atoms with Crippen LogP contribution in [0.1, 0.15) is 70.2 Å². The van der Waals surface area contributed by atoms with Crippen molar-refractivity contribution in [3.05, 3.63) is 12.1 Å². The Morgan fingerprint density at radius 1 is 0.909 bits per heavy atom. The Hall–Kier alpha value is -0.395. The van der Waals surface area contributed by atoms with Crippen LogP contribution in [0, 0.1) is 0 Å². The molecule has 0 saturated heterocycles. The average Bonchev–Trinajstić information content (AvgIpc) is 2.23. The summed E-state index contributed by atoms with van der Waals surface area (Å²) in [5, 5.41) is 34.6. The van der Waals surface area contributed by atoms with Gasteiger partial charge >= 0.3 is 0 Å². The van der Waals surface area contributed by atoms with E-state index in [4.69, 9.17) is 28.4 Å². The van der Waals surface area contributed by atoms with Crippen LogP contribution in [0.5, 0.6) is 0 Å².